The zero-order valence-corrected chi connectivity index (χ0v) is 31.4. The second kappa shape index (κ2) is 16.8. The average molecular weight is 752 g/mol. The Hall–Kier alpha value is -3.25. The van der Waals surface area contributed by atoms with Crippen molar-refractivity contribution in [3.05, 3.63) is 46.7 Å². The van der Waals surface area contributed by atoms with Crippen LogP contribution in [0.1, 0.15) is 107 Å². The average Bonchev–Trinajstić information content (AvgIpc) is 3.51. The SMILES string of the molecule is CCCCC1CN(CC2CCCCC2)C(=O)OC12CCN(C1(C)CCN(C(=O)c3cc(-c4ccc(Cl)cc4)oc3C)CC1)CC2.O=C(O)C(F)(F)F. The number of hydrogen-bond donors (Lipinski definition) is 1. The fourth-order valence-corrected chi connectivity index (χ4v) is 8.65. The van der Waals surface area contributed by atoms with Crippen LogP contribution in [0.5, 0.6) is 0 Å². The molecule has 3 aliphatic heterocycles. The van der Waals surface area contributed by atoms with Crippen LogP contribution in [0.4, 0.5) is 18.0 Å². The second-order valence-corrected chi connectivity index (χ2v) is 15.8. The van der Waals surface area contributed by atoms with E-state index in [1.165, 1.54) is 44.9 Å². The van der Waals surface area contributed by atoms with Crippen LogP contribution in [0, 0.1) is 18.8 Å². The molecule has 2 amide bonds. The van der Waals surface area contributed by atoms with Crippen LogP contribution < -0.4 is 0 Å². The molecule has 288 valence electrons. The number of carbonyl (C=O) groups excluding carboxylic acids is 2. The van der Waals surface area contributed by atoms with Gasteiger partial charge in [-0.3, -0.25) is 9.69 Å². The molecule has 52 heavy (non-hydrogen) atoms. The Morgan fingerprint density at radius 1 is 1.00 bits per heavy atom. The van der Waals surface area contributed by atoms with Gasteiger partial charge in [0.15, 0.2) is 0 Å². The molecule has 6 rings (SSSR count). The molecule has 1 N–H and O–H groups in total. The van der Waals surface area contributed by atoms with Gasteiger partial charge < -0.3 is 24.1 Å². The Morgan fingerprint density at radius 3 is 2.19 bits per heavy atom. The van der Waals surface area contributed by atoms with Gasteiger partial charge in [0, 0.05) is 74.2 Å². The Morgan fingerprint density at radius 2 is 1.62 bits per heavy atom. The van der Waals surface area contributed by atoms with E-state index in [1.807, 2.05) is 42.2 Å². The smallest absolute Gasteiger partial charge is 0.475 e. The molecule has 1 saturated carbocycles. The minimum Gasteiger partial charge on any atom is -0.475 e. The van der Waals surface area contributed by atoms with Gasteiger partial charge >= 0.3 is 18.2 Å². The molecule has 1 aromatic carbocycles. The third-order valence-electron chi connectivity index (χ3n) is 11.9. The first kappa shape index (κ1) is 39.9. The molecule has 1 aromatic heterocycles. The highest BCUT2D eigenvalue weighted by atomic mass is 35.5. The van der Waals surface area contributed by atoms with E-state index in [0.717, 1.165) is 76.9 Å². The summed E-state index contributed by atoms with van der Waals surface area (Å²) < 4.78 is 44.2. The molecule has 4 aliphatic rings. The highest BCUT2D eigenvalue weighted by Crippen LogP contribution is 2.44. The van der Waals surface area contributed by atoms with Crippen molar-refractivity contribution in [2.75, 3.05) is 39.3 Å². The summed E-state index contributed by atoms with van der Waals surface area (Å²) in [4.78, 5) is 42.5. The van der Waals surface area contributed by atoms with Gasteiger partial charge in [0.1, 0.15) is 17.1 Å². The molecule has 13 heteroatoms. The fraction of sp³-hybridized carbons (Fsp3) is 0.667. The number of alkyl halides is 3. The lowest BCUT2D eigenvalue weighted by atomic mass is 9.74. The number of unbranched alkanes of at least 4 members (excludes halogenated alkanes) is 1. The number of carboxylic acids is 1. The number of furan rings is 1. The van der Waals surface area contributed by atoms with Gasteiger partial charge in [-0.15, -0.1) is 0 Å². The highest BCUT2D eigenvalue weighted by molar-refractivity contribution is 6.30. The summed E-state index contributed by atoms with van der Waals surface area (Å²) >= 11 is 6.05. The van der Waals surface area contributed by atoms with E-state index in [9.17, 15) is 22.8 Å². The van der Waals surface area contributed by atoms with E-state index < -0.39 is 12.1 Å². The summed E-state index contributed by atoms with van der Waals surface area (Å²) in [6, 6.07) is 9.37. The summed E-state index contributed by atoms with van der Waals surface area (Å²) in [6.07, 6.45) is 8.43. The standard InChI is InChI=1S/C37H52ClN3O4.C2HF3O2/c1-4-5-11-30-26-40(25-28-9-7-6-8-10-28)35(43)45-37(30)18-22-41(23-19-37)36(3)16-20-39(21-17-36)34(42)32-24-33(44-27(32)2)29-12-14-31(38)15-13-29;3-2(4,5)1(6)7/h12-15,24,28,30H,4-11,16-23,25-26H2,1-3H3;(H,6,7). The van der Waals surface area contributed by atoms with Crippen molar-refractivity contribution < 1.29 is 41.8 Å². The molecule has 1 aliphatic carbocycles. The summed E-state index contributed by atoms with van der Waals surface area (Å²) in [5.41, 5.74) is 1.24. The monoisotopic (exact) mass is 751 g/mol. The molecule has 1 spiro atoms. The van der Waals surface area contributed by atoms with Crippen molar-refractivity contribution in [3.63, 3.8) is 0 Å². The number of carboxylic acid groups (broad SMARTS) is 1. The Kier molecular flexibility index (Phi) is 12.9. The Labute approximate surface area is 309 Å². The largest absolute Gasteiger partial charge is 0.490 e. The predicted molar refractivity (Wildman–Crippen MR) is 192 cm³/mol. The molecule has 9 nitrogen and oxygen atoms in total. The zero-order valence-electron chi connectivity index (χ0n) is 30.6. The summed E-state index contributed by atoms with van der Waals surface area (Å²) in [5, 5.41) is 7.80. The van der Waals surface area contributed by atoms with E-state index in [0.29, 0.717) is 33.9 Å². The Balaban J connectivity index is 0.000000679. The number of benzene rings is 1. The maximum atomic E-state index is 13.6. The first-order chi connectivity index (χ1) is 24.6. The van der Waals surface area contributed by atoms with Crippen molar-refractivity contribution >= 4 is 29.6 Å². The van der Waals surface area contributed by atoms with Gasteiger partial charge in [0.05, 0.1) is 5.56 Å². The number of nitrogens with zero attached hydrogens (tertiary/aromatic N) is 3. The number of aryl methyl sites for hydroxylation is 1. The third-order valence-corrected chi connectivity index (χ3v) is 12.1. The number of piperidine rings is 2. The van der Waals surface area contributed by atoms with Crippen LogP contribution in [0.15, 0.2) is 34.7 Å². The number of likely N-dealkylation sites (tertiary alicyclic amines) is 2. The zero-order chi connectivity index (χ0) is 37.7. The normalized spacial score (nSPS) is 22.4. The fourth-order valence-electron chi connectivity index (χ4n) is 8.53. The molecule has 1 unspecified atom stereocenters. The second-order valence-electron chi connectivity index (χ2n) is 15.3. The molecule has 4 fully saturated rings. The van der Waals surface area contributed by atoms with Crippen LogP contribution in [-0.2, 0) is 9.53 Å². The van der Waals surface area contributed by atoms with E-state index in [-0.39, 0.29) is 23.1 Å². The van der Waals surface area contributed by atoms with Gasteiger partial charge in [0.2, 0.25) is 0 Å². The van der Waals surface area contributed by atoms with Gasteiger partial charge in [-0.25, -0.2) is 9.59 Å². The Bertz CT molecular complexity index is 1520. The lowest BCUT2D eigenvalue weighted by Crippen LogP contribution is -2.63. The molecule has 0 radical (unpaired) electrons. The number of hydrogen-bond acceptors (Lipinski definition) is 6. The summed E-state index contributed by atoms with van der Waals surface area (Å²) in [5.74, 6) is -0.334. The molecule has 0 bridgehead atoms. The molecular weight excluding hydrogens is 699 g/mol. The quantitative estimate of drug-likeness (QED) is 0.287. The molecule has 3 saturated heterocycles. The minimum atomic E-state index is -5.08. The van der Waals surface area contributed by atoms with Crippen LogP contribution in [-0.4, -0.2) is 94.4 Å². The van der Waals surface area contributed by atoms with E-state index in [2.05, 4.69) is 23.6 Å². The molecule has 1 atom stereocenters. The number of amides is 2. The maximum absolute atomic E-state index is 13.6. The minimum absolute atomic E-state index is 0.0307. The van der Waals surface area contributed by atoms with Crippen molar-refractivity contribution in [2.24, 2.45) is 11.8 Å². The van der Waals surface area contributed by atoms with Gasteiger partial charge in [-0.05, 0) is 82.2 Å². The predicted octanol–water partition coefficient (Wildman–Crippen LogP) is 9.21. The summed E-state index contributed by atoms with van der Waals surface area (Å²) in [7, 11) is 0. The molecule has 2 aromatic rings. The number of halogens is 4. The number of aliphatic carboxylic acids is 1. The van der Waals surface area contributed by atoms with Crippen LogP contribution >= 0.6 is 11.6 Å². The van der Waals surface area contributed by atoms with Crippen LogP contribution in [0.3, 0.4) is 0 Å². The van der Waals surface area contributed by atoms with Crippen molar-refractivity contribution in [2.45, 2.75) is 115 Å². The van der Waals surface area contributed by atoms with E-state index in [4.69, 9.17) is 30.7 Å². The van der Waals surface area contributed by atoms with E-state index >= 15 is 0 Å². The van der Waals surface area contributed by atoms with E-state index in [1.54, 1.807) is 0 Å². The van der Waals surface area contributed by atoms with Crippen molar-refractivity contribution in [3.8, 4) is 11.3 Å². The highest BCUT2D eigenvalue weighted by Gasteiger charge is 2.51. The lowest BCUT2D eigenvalue weighted by Gasteiger charge is -2.55. The number of ether oxygens (including phenoxy) is 1. The first-order valence-electron chi connectivity index (χ1n) is 18.8. The maximum Gasteiger partial charge on any atom is 0.490 e. The van der Waals surface area contributed by atoms with Crippen molar-refractivity contribution in [1.82, 2.24) is 14.7 Å². The van der Waals surface area contributed by atoms with Crippen LogP contribution in [0.25, 0.3) is 11.3 Å². The molecule has 4 heterocycles. The van der Waals surface area contributed by atoms with Gasteiger partial charge in [-0.2, -0.15) is 13.2 Å². The number of rotatable bonds is 8. The van der Waals surface area contributed by atoms with Gasteiger partial charge in [-0.1, -0.05) is 50.6 Å². The topological polar surface area (TPSA) is 104 Å². The number of carbonyl (C=O) groups is 3. The summed E-state index contributed by atoms with van der Waals surface area (Å²) in [6.45, 7) is 11.5. The lowest BCUT2D eigenvalue weighted by molar-refractivity contribution is -0.192. The van der Waals surface area contributed by atoms with Crippen LogP contribution in [0.2, 0.25) is 5.02 Å². The van der Waals surface area contributed by atoms with Gasteiger partial charge in [0.25, 0.3) is 5.91 Å². The van der Waals surface area contributed by atoms with Crippen molar-refractivity contribution in [1.29, 1.82) is 0 Å². The first-order valence-corrected chi connectivity index (χ1v) is 19.2. The molecular formula is C39H53ClF3N3O6. The third kappa shape index (κ3) is 9.45.